The quantitative estimate of drug-likeness (QED) is 0.373. The van der Waals surface area contributed by atoms with Crippen molar-refractivity contribution in [2.45, 2.75) is 13.0 Å². The lowest BCUT2D eigenvalue weighted by molar-refractivity contribution is -0.124. The molecule has 2 rings (SSSR count). The van der Waals surface area contributed by atoms with Gasteiger partial charge in [-0.2, -0.15) is 0 Å². The highest BCUT2D eigenvalue weighted by Crippen LogP contribution is 2.16. The third-order valence-corrected chi connectivity index (χ3v) is 3.51. The SMILES string of the molecule is CN=C(NCCN1C(=O)CNC1=O)NCC(C)Oc1ccccc1F. The smallest absolute Gasteiger partial charge is 0.324 e. The van der Waals surface area contributed by atoms with E-state index in [1.165, 1.54) is 6.07 Å². The van der Waals surface area contributed by atoms with E-state index in [-0.39, 0.29) is 36.9 Å². The number of hydrogen-bond donors (Lipinski definition) is 3. The standard InChI is InChI=1S/C16H22FN5O3/c1-11(25-13-6-4-3-5-12(13)17)9-20-15(18-2)19-7-8-22-14(23)10-21-16(22)24/h3-6,11H,7-10H2,1-2H3,(H,21,24)(H2,18,19,20). The topological polar surface area (TPSA) is 95.1 Å². The van der Waals surface area contributed by atoms with Crippen molar-refractivity contribution in [3.63, 3.8) is 0 Å². The van der Waals surface area contributed by atoms with Crippen LogP contribution in [0.3, 0.4) is 0 Å². The summed E-state index contributed by atoms with van der Waals surface area (Å²) in [6, 6.07) is 5.82. The van der Waals surface area contributed by atoms with Crippen molar-refractivity contribution in [1.29, 1.82) is 0 Å². The minimum absolute atomic E-state index is 0.0384. The Balaban J connectivity index is 1.72. The Morgan fingerprint density at radius 1 is 1.40 bits per heavy atom. The molecular weight excluding hydrogens is 329 g/mol. The van der Waals surface area contributed by atoms with Gasteiger partial charge in [-0.05, 0) is 19.1 Å². The van der Waals surface area contributed by atoms with Crippen LogP contribution < -0.4 is 20.7 Å². The van der Waals surface area contributed by atoms with Crippen LogP contribution in [-0.2, 0) is 4.79 Å². The van der Waals surface area contributed by atoms with E-state index in [1.54, 1.807) is 32.2 Å². The molecule has 3 amide bonds. The van der Waals surface area contributed by atoms with Gasteiger partial charge in [0.25, 0.3) is 0 Å². The van der Waals surface area contributed by atoms with E-state index in [0.717, 1.165) is 4.90 Å². The van der Waals surface area contributed by atoms with Crippen molar-refractivity contribution in [3.8, 4) is 5.75 Å². The van der Waals surface area contributed by atoms with E-state index < -0.39 is 5.82 Å². The molecule has 0 aliphatic carbocycles. The number of ether oxygens (including phenoxy) is 1. The van der Waals surface area contributed by atoms with E-state index in [0.29, 0.717) is 19.0 Å². The maximum absolute atomic E-state index is 13.5. The molecule has 3 N–H and O–H groups in total. The average molecular weight is 351 g/mol. The molecule has 136 valence electrons. The highest BCUT2D eigenvalue weighted by atomic mass is 19.1. The summed E-state index contributed by atoms with van der Waals surface area (Å²) in [6.07, 6.45) is -0.290. The number of para-hydroxylation sites is 1. The van der Waals surface area contributed by atoms with E-state index in [4.69, 9.17) is 4.74 Å². The predicted octanol–water partition coefficient (Wildman–Crippen LogP) is 0.310. The zero-order chi connectivity index (χ0) is 18.2. The van der Waals surface area contributed by atoms with Gasteiger partial charge < -0.3 is 20.7 Å². The molecule has 0 bridgehead atoms. The van der Waals surface area contributed by atoms with Crippen molar-refractivity contribution in [1.82, 2.24) is 20.9 Å². The van der Waals surface area contributed by atoms with E-state index in [2.05, 4.69) is 20.9 Å². The highest BCUT2D eigenvalue weighted by molar-refractivity contribution is 6.01. The van der Waals surface area contributed by atoms with Gasteiger partial charge >= 0.3 is 6.03 Å². The summed E-state index contributed by atoms with van der Waals surface area (Å²) < 4.78 is 19.1. The Hall–Kier alpha value is -2.84. The lowest BCUT2D eigenvalue weighted by Crippen LogP contribution is -2.45. The van der Waals surface area contributed by atoms with Gasteiger partial charge in [-0.1, -0.05) is 12.1 Å². The summed E-state index contributed by atoms with van der Waals surface area (Å²) in [5, 5.41) is 8.50. The van der Waals surface area contributed by atoms with Crippen LogP contribution in [0.4, 0.5) is 9.18 Å². The summed E-state index contributed by atoms with van der Waals surface area (Å²) in [4.78, 5) is 28.1. The van der Waals surface area contributed by atoms with Gasteiger partial charge in [0.15, 0.2) is 17.5 Å². The van der Waals surface area contributed by atoms with Crippen LogP contribution in [-0.4, -0.2) is 62.1 Å². The molecule has 1 saturated heterocycles. The molecule has 1 unspecified atom stereocenters. The van der Waals surface area contributed by atoms with Gasteiger partial charge in [-0.3, -0.25) is 14.7 Å². The van der Waals surface area contributed by atoms with E-state index >= 15 is 0 Å². The second-order valence-corrected chi connectivity index (χ2v) is 5.44. The van der Waals surface area contributed by atoms with E-state index in [9.17, 15) is 14.0 Å². The number of aliphatic imine (C=N–C) groups is 1. The molecule has 0 saturated carbocycles. The number of amides is 3. The molecule has 1 aliphatic heterocycles. The number of urea groups is 1. The van der Waals surface area contributed by atoms with Gasteiger partial charge in [0.1, 0.15) is 6.10 Å². The minimum atomic E-state index is -0.412. The first kappa shape index (κ1) is 18.5. The molecule has 1 fully saturated rings. The number of hydrogen-bond acceptors (Lipinski definition) is 4. The number of carbonyl (C=O) groups is 2. The van der Waals surface area contributed by atoms with Gasteiger partial charge in [0.05, 0.1) is 13.1 Å². The fourth-order valence-electron chi connectivity index (χ4n) is 2.23. The van der Waals surface area contributed by atoms with Crippen LogP contribution in [0, 0.1) is 5.82 Å². The molecule has 0 radical (unpaired) electrons. The highest BCUT2D eigenvalue weighted by Gasteiger charge is 2.27. The van der Waals surface area contributed by atoms with Gasteiger partial charge in [0, 0.05) is 20.1 Å². The summed E-state index contributed by atoms with van der Waals surface area (Å²) >= 11 is 0. The van der Waals surface area contributed by atoms with Crippen LogP contribution in [0.5, 0.6) is 5.75 Å². The zero-order valence-electron chi connectivity index (χ0n) is 14.2. The van der Waals surface area contributed by atoms with Crippen molar-refractivity contribution in [2.75, 3.05) is 33.2 Å². The van der Waals surface area contributed by atoms with E-state index in [1.807, 2.05) is 0 Å². The van der Waals surface area contributed by atoms with Crippen molar-refractivity contribution < 1.29 is 18.7 Å². The Kier molecular flexibility index (Phi) is 6.55. The first-order valence-electron chi connectivity index (χ1n) is 7.95. The predicted molar refractivity (Wildman–Crippen MR) is 91.0 cm³/mol. The second kappa shape index (κ2) is 8.86. The number of imide groups is 1. The molecular formula is C16H22FN5O3. The maximum Gasteiger partial charge on any atom is 0.324 e. The lowest BCUT2D eigenvalue weighted by Gasteiger charge is -2.19. The summed E-state index contributed by atoms with van der Waals surface area (Å²) in [5.41, 5.74) is 0. The number of nitrogens with one attached hydrogen (secondary N) is 3. The van der Waals surface area contributed by atoms with Gasteiger partial charge in [-0.25, -0.2) is 9.18 Å². The third-order valence-electron chi connectivity index (χ3n) is 3.51. The normalized spacial score (nSPS) is 15.8. The second-order valence-electron chi connectivity index (χ2n) is 5.44. The van der Waals surface area contributed by atoms with Gasteiger partial charge in [-0.15, -0.1) is 0 Å². The molecule has 1 atom stereocenters. The summed E-state index contributed by atoms with van der Waals surface area (Å²) in [7, 11) is 1.60. The monoisotopic (exact) mass is 351 g/mol. The number of nitrogens with zero attached hydrogens (tertiary/aromatic N) is 2. The van der Waals surface area contributed by atoms with Crippen LogP contribution >= 0.6 is 0 Å². The molecule has 9 heteroatoms. The third kappa shape index (κ3) is 5.33. The zero-order valence-corrected chi connectivity index (χ0v) is 14.2. The van der Waals surface area contributed by atoms with Gasteiger partial charge in [0.2, 0.25) is 5.91 Å². The first-order chi connectivity index (χ1) is 12.0. The fourth-order valence-corrected chi connectivity index (χ4v) is 2.23. The van der Waals surface area contributed by atoms with Crippen molar-refractivity contribution in [3.05, 3.63) is 30.1 Å². The Labute approximate surface area is 145 Å². The molecule has 25 heavy (non-hydrogen) atoms. The van der Waals surface area contributed by atoms with Crippen molar-refractivity contribution >= 4 is 17.9 Å². The maximum atomic E-state index is 13.5. The molecule has 1 heterocycles. The lowest BCUT2D eigenvalue weighted by atomic mass is 10.3. The Morgan fingerprint density at radius 3 is 2.80 bits per heavy atom. The van der Waals surface area contributed by atoms with Crippen LogP contribution in [0.15, 0.2) is 29.3 Å². The van der Waals surface area contributed by atoms with Crippen molar-refractivity contribution in [2.24, 2.45) is 4.99 Å². The largest absolute Gasteiger partial charge is 0.486 e. The molecule has 1 aromatic carbocycles. The number of rotatable bonds is 7. The average Bonchev–Trinajstić information content (AvgIpc) is 2.91. The van der Waals surface area contributed by atoms with Crippen LogP contribution in [0.1, 0.15) is 6.92 Å². The molecule has 8 nitrogen and oxygen atoms in total. The molecule has 0 spiro atoms. The molecule has 0 aromatic heterocycles. The minimum Gasteiger partial charge on any atom is -0.486 e. The number of halogens is 1. The Morgan fingerprint density at radius 2 is 2.16 bits per heavy atom. The molecule has 1 aliphatic rings. The van der Waals surface area contributed by atoms with Crippen LogP contribution in [0.2, 0.25) is 0 Å². The number of benzene rings is 1. The fraction of sp³-hybridized carbons (Fsp3) is 0.438. The first-order valence-corrected chi connectivity index (χ1v) is 7.95. The number of guanidine groups is 1. The summed E-state index contributed by atoms with van der Waals surface area (Å²) in [6.45, 7) is 2.85. The Bertz CT molecular complexity index is 636. The number of carbonyl (C=O) groups excluding carboxylic acids is 2. The summed E-state index contributed by atoms with van der Waals surface area (Å²) in [5.74, 6) is 0.0291. The van der Waals surface area contributed by atoms with Crippen LogP contribution in [0.25, 0.3) is 0 Å². The molecule has 1 aromatic rings.